The number of anilines is 1. The van der Waals surface area contributed by atoms with Gasteiger partial charge in [-0.1, -0.05) is 0 Å². The molecule has 0 aliphatic rings. The first-order chi connectivity index (χ1) is 8.81. The monoisotopic (exact) mass is 249 g/mol. The van der Waals surface area contributed by atoms with Gasteiger partial charge in [0, 0.05) is 52.1 Å². The number of methoxy groups -OCH3 is 1. The second kappa shape index (κ2) is 6.20. The molecule has 0 aliphatic carbocycles. The third kappa shape index (κ3) is 3.10. The van der Waals surface area contributed by atoms with Gasteiger partial charge in [0.2, 0.25) is 5.95 Å². The summed E-state index contributed by atoms with van der Waals surface area (Å²) in [5, 5.41) is 3.29. The molecule has 0 fully saturated rings. The molecule has 0 radical (unpaired) electrons. The molecule has 98 valence electrons. The van der Waals surface area contributed by atoms with Gasteiger partial charge in [-0.25, -0.2) is 9.97 Å². The molecule has 18 heavy (non-hydrogen) atoms. The van der Waals surface area contributed by atoms with E-state index < -0.39 is 0 Å². The van der Waals surface area contributed by atoms with Gasteiger partial charge in [0.1, 0.15) is 5.82 Å². The molecule has 0 unspecified atom stereocenters. The Hall–Kier alpha value is -1.82. The zero-order valence-electron chi connectivity index (χ0n) is 10.8. The predicted octanol–water partition coefficient (Wildman–Crippen LogP) is 1.11. The fraction of sp³-hybridized carbons (Fsp3) is 0.500. The third-order valence-electron chi connectivity index (χ3n) is 2.76. The summed E-state index contributed by atoms with van der Waals surface area (Å²) in [7, 11) is 3.70. The van der Waals surface area contributed by atoms with Crippen molar-refractivity contribution < 1.29 is 4.74 Å². The SMILES string of the molecule is COCCCNc1nccn1Cc1nccn1C. The van der Waals surface area contributed by atoms with Gasteiger partial charge in [0.25, 0.3) is 0 Å². The molecule has 0 saturated heterocycles. The Labute approximate surface area is 107 Å². The molecular formula is C12H19N5O. The molecule has 6 nitrogen and oxygen atoms in total. The van der Waals surface area contributed by atoms with E-state index in [1.807, 2.05) is 24.0 Å². The van der Waals surface area contributed by atoms with Gasteiger partial charge in [0.15, 0.2) is 0 Å². The van der Waals surface area contributed by atoms with E-state index in [1.165, 1.54) is 0 Å². The quantitative estimate of drug-likeness (QED) is 0.747. The number of nitrogens with zero attached hydrogens (tertiary/aromatic N) is 4. The zero-order chi connectivity index (χ0) is 12.8. The number of hydrogen-bond donors (Lipinski definition) is 1. The van der Waals surface area contributed by atoms with Crippen LogP contribution in [0.1, 0.15) is 12.2 Å². The Balaban J connectivity index is 1.93. The maximum atomic E-state index is 5.01. The topological polar surface area (TPSA) is 56.9 Å². The molecule has 0 atom stereocenters. The highest BCUT2D eigenvalue weighted by atomic mass is 16.5. The van der Waals surface area contributed by atoms with Crippen molar-refractivity contribution in [1.29, 1.82) is 0 Å². The Kier molecular flexibility index (Phi) is 4.35. The average molecular weight is 249 g/mol. The first-order valence-electron chi connectivity index (χ1n) is 6.01. The normalized spacial score (nSPS) is 10.8. The van der Waals surface area contributed by atoms with Gasteiger partial charge in [-0.2, -0.15) is 0 Å². The van der Waals surface area contributed by atoms with Crippen LogP contribution in [0.4, 0.5) is 5.95 Å². The Morgan fingerprint density at radius 1 is 1.28 bits per heavy atom. The van der Waals surface area contributed by atoms with Crippen LogP contribution < -0.4 is 5.32 Å². The van der Waals surface area contributed by atoms with Crippen molar-refractivity contribution in [2.75, 3.05) is 25.6 Å². The predicted molar refractivity (Wildman–Crippen MR) is 69.5 cm³/mol. The molecule has 2 heterocycles. The Morgan fingerprint density at radius 3 is 2.83 bits per heavy atom. The van der Waals surface area contributed by atoms with Crippen molar-refractivity contribution in [2.45, 2.75) is 13.0 Å². The maximum Gasteiger partial charge on any atom is 0.203 e. The summed E-state index contributed by atoms with van der Waals surface area (Å²) in [4.78, 5) is 8.61. The molecule has 2 aromatic heterocycles. The molecule has 2 rings (SSSR count). The summed E-state index contributed by atoms with van der Waals surface area (Å²) in [6.45, 7) is 2.33. The minimum Gasteiger partial charge on any atom is -0.385 e. The van der Waals surface area contributed by atoms with Gasteiger partial charge in [-0.15, -0.1) is 0 Å². The number of imidazole rings is 2. The largest absolute Gasteiger partial charge is 0.385 e. The number of aromatic nitrogens is 4. The first kappa shape index (κ1) is 12.6. The molecule has 0 amide bonds. The van der Waals surface area contributed by atoms with Crippen molar-refractivity contribution in [3.8, 4) is 0 Å². The van der Waals surface area contributed by atoms with Gasteiger partial charge in [0.05, 0.1) is 6.54 Å². The minimum atomic E-state index is 0.718. The molecule has 2 aromatic rings. The van der Waals surface area contributed by atoms with Gasteiger partial charge < -0.3 is 19.2 Å². The van der Waals surface area contributed by atoms with E-state index in [-0.39, 0.29) is 0 Å². The highest BCUT2D eigenvalue weighted by molar-refractivity contribution is 5.26. The molecule has 0 aromatic carbocycles. The lowest BCUT2D eigenvalue weighted by Crippen LogP contribution is -2.12. The van der Waals surface area contributed by atoms with Crippen LogP contribution in [0.15, 0.2) is 24.8 Å². The number of nitrogens with one attached hydrogen (secondary N) is 1. The third-order valence-corrected chi connectivity index (χ3v) is 2.76. The second-order valence-electron chi connectivity index (χ2n) is 4.11. The molecular weight excluding hydrogens is 230 g/mol. The Morgan fingerprint density at radius 2 is 2.11 bits per heavy atom. The molecule has 0 spiro atoms. The average Bonchev–Trinajstić information content (AvgIpc) is 2.96. The zero-order valence-corrected chi connectivity index (χ0v) is 10.8. The summed E-state index contributed by atoms with van der Waals surface area (Å²) in [6.07, 6.45) is 8.45. The van der Waals surface area contributed by atoms with Crippen LogP contribution in [0, 0.1) is 0 Å². The van der Waals surface area contributed by atoms with Crippen LogP contribution in [-0.4, -0.2) is 39.4 Å². The summed E-state index contributed by atoms with van der Waals surface area (Å²) in [5.41, 5.74) is 0. The lowest BCUT2D eigenvalue weighted by Gasteiger charge is -2.09. The van der Waals surface area contributed by atoms with E-state index >= 15 is 0 Å². The van der Waals surface area contributed by atoms with E-state index in [4.69, 9.17) is 4.74 Å². The van der Waals surface area contributed by atoms with Crippen LogP contribution in [0.2, 0.25) is 0 Å². The fourth-order valence-corrected chi connectivity index (χ4v) is 1.72. The molecule has 1 N–H and O–H groups in total. The van der Waals surface area contributed by atoms with E-state index in [1.54, 1.807) is 19.5 Å². The van der Waals surface area contributed by atoms with Crippen LogP contribution in [0.3, 0.4) is 0 Å². The number of aryl methyl sites for hydroxylation is 1. The van der Waals surface area contributed by atoms with Crippen molar-refractivity contribution in [1.82, 2.24) is 19.1 Å². The lowest BCUT2D eigenvalue weighted by molar-refractivity contribution is 0.197. The molecule has 0 aliphatic heterocycles. The van der Waals surface area contributed by atoms with E-state index in [9.17, 15) is 0 Å². The molecule has 0 bridgehead atoms. The summed E-state index contributed by atoms with van der Waals surface area (Å²) in [5.74, 6) is 1.88. The summed E-state index contributed by atoms with van der Waals surface area (Å²) < 4.78 is 9.07. The smallest absolute Gasteiger partial charge is 0.203 e. The van der Waals surface area contributed by atoms with Crippen molar-refractivity contribution in [3.63, 3.8) is 0 Å². The van der Waals surface area contributed by atoms with Gasteiger partial charge in [-0.3, -0.25) is 0 Å². The van der Waals surface area contributed by atoms with Gasteiger partial charge >= 0.3 is 0 Å². The lowest BCUT2D eigenvalue weighted by atomic mass is 10.4. The number of hydrogen-bond acceptors (Lipinski definition) is 4. The van der Waals surface area contributed by atoms with E-state index in [0.29, 0.717) is 0 Å². The van der Waals surface area contributed by atoms with E-state index in [0.717, 1.165) is 37.9 Å². The van der Waals surface area contributed by atoms with Crippen molar-refractivity contribution in [3.05, 3.63) is 30.6 Å². The number of rotatable bonds is 7. The highest BCUT2D eigenvalue weighted by Crippen LogP contribution is 2.07. The van der Waals surface area contributed by atoms with E-state index in [2.05, 4.69) is 19.9 Å². The summed E-state index contributed by atoms with van der Waals surface area (Å²) >= 11 is 0. The van der Waals surface area contributed by atoms with Crippen LogP contribution in [0.25, 0.3) is 0 Å². The van der Waals surface area contributed by atoms with Crippen LogP contribution in [-0.2, 0) is 18.3 Å². The first-order valence-corrected chi connectivity index (χ1v) is 6.01. The number of ether oxygens (including phenoxy) is 1. The second-order valence-corrected chi connectivity index (χ2v) is 4.11. The standard InChI is InChI=1S/C12H19N5O/c1-16-7-5-13-11(16)10-17-8-6-15-12(17)14-4-3-9-18-2/h5-8H,3-4,9-10H2,1-2H3,(H,14,15). The minimum absolute atomic E-state index is 0.718. The fourth-order valence-electron chi connectivity index (χ4n) is 1.72. The van der Waals surface area contributed by atoms with Crippen molar-refractivity contribution in [2.24, 2.45) is 7.05 Å². The highest BCUT2D eigenvalue weighted by Gasteiger charge is 2.05. The van der Waals surface area contributed by atoms with Crippen LogP contribution >= 0.6 is 0 Å². The van der Waals surface area contributed by atoms with Crippen molar-refractivity contribution >= 4 is 5.95 Å². The molecule has 6 heteroatoms. The maximum absolute atomic E-state index is 5.01. The van der Waals surface area contributed by atoms with Gasteiger partial charge in [-0.05, 0) is 6.42 Å². The van der Waals surface area contributed by atoms with Crippen LogP contribution in [0.5, 0.6) is 0 Å². The Bertz CT molecular complexity index is 476. The molecule has 0 saturated carbocycles. The summed E-state index contributed by atoms with van der Waals surface area (Å²) in [6, 6.07) is 0.